The van der Waals surface area contributed by atoms with Gasteiger partial charge in [-0.3, -0.25) is 4.79 Å². The molecule has 0 amide bonds. The third kappa shape index (κ3) is 3.86. The number of aryl methyl sites for hydroxylation is 2. The molecule has 0 saturated carbocycles. The quantitative estimate of drug-likeness (QED) is 0.649. The second kappa shape index (κ2) is 7.94. The Bertz CT molecular complexity index is 1370. The fourth-order valence-electron chi connectivity index (χ4n) is 3.33. The zero-order chi connectivity index (χ0) is 22.1. The number of hydrogen-bond donors (Lipinski definition) is 1. The number of rotatable bonds is 4. The molecule has 8 heteroatoms. The van der Waals surface area contributed by atoms with E-state index in [9.17, 15) is 13.2 Å². The second-order valence-corrected chi connectivity index (χ2v) is 8.78. The van der Waals surface area contributed by atoms with Gasteiger partial charge in [0.15, 0.2) is 5.03 Å². The smallest absolute Gasteiger partial charge is 0.255 e. The number of nitrogens with one attached hydrogen (secondary N) is 1. The number of nitrogens with zero attached hydrogens (tertiary/aromatic N) is 3. The maximum Gasteiger partial charge on any atom is 0.255 e. The van der Waals surface area contributed by atoms with Crippen LogP contribution in [-0.4, -0.2) is 18.4 Å². The lowest BCUT2D eigenvalue weighted by Gasteiger charge is -2.13. The van der Waals surface area contributed by atoms with Crippen molar-refractivity contribution in [3.05, 3.63) is 86.0 Å². The Hall–Kier alpha value is -3.75. The molecule has 1 aromatic heterocycles. The summed E-state index contributed by atoms with van der Waals surface area (Å²) in [5, 5.41) is 17.7. The zero-order valence-electron chi connectivity index (χ0n) is 16.6. The van der Waals surface area contributed by atoms with Crippen LogP contribution in [-0.2, 0) is 16.3 Å². The van der Waals surface area contributed by atoms with E-state index in [4.69, 9.17) is 10.5 Å². The van der Waals surface area contributed by atoms with Gasteiger partial charge in [-0.25, -0.2) is 13.4 Å². The van der Waals surface area contributed by atoms with Crippen molar-refractivity contribution in [1.82, 2.24) is 9.97 Å². The Morgan fingerprint density at radius 1 is 0.967 bits per heavy atom. The highest BCUT2D eigenvalue weighted by Gasteiger charge is 2.28. The summed E-state index contributed by atoms with van der Waals surface area (Å²) in [6.07, 6.45) is 0.203. The summed E-state index contributed by atoms with van der Waals surface area (Å²) in [6.45, 7) is 4.64. The van der Waals surface area contributed by atoms with Gasteiger partial charge in [-0.1, -0.05) is 12.1 Å². The average molecular weight is 418 g/mol. The number of hydrogen-bond acceptors (Lipinski definition) is 6. The lowest BCUT2D eigenvalue weighted by atomic mass is 10.1. The first-order valence-electron chi connectivity index (χ1n) is 9.02. The maximum absolute atomic E-state index is 13.4. The summed E-state index contributed by atoms with van der Waals surface area (Å²) < 4.78 is 26.8. The van der Waals surface area contributed by atoms with Crippen LogP contribution >= 0.6 is 0 Å². The van der Waals surface area contributed by atoms with E-state index in [-0.39, 0.29) is 27.7 Å². The topological polar surface area (TPSA) is 127 Å². The minimum Gasteiger partial charge on any atom is -0.310 e. The van der Waals surface area contributed by atoms with Crippen LogP contribution in [0.2, 0.25) is 0 Å². The highest BCUT2D eigenvalue weighted by atomic mass is 32.2. The van der Waals surface area contributed by atoms with Crippen molar-refractivity contribution in [1.29, 1.82) is 10.5 Å². The van der Waals surface area contributed by atoms with Crippen LogP contribution in [0.4, 0.5) is 0 Å². The first-order valence-corrected chi connectivity index (χ1v) is 10.5. The first-order chi connectivity index (χ1) is 14.2. The standard InChI is InChI=1S/C22H18N4O3S/c1-13-8-18(12-24)9-14(2)20(13)30(28,29)22-15(3)21(27)25-19(26-22)10-16-4-6-17(11-23)7-5-16/h4-9H,10H2,1-3H3,(H,25,26,27). The summed E-state index contributed by atoms with van der Waals surface area (Å²) >= 11 is 0. The molecule has 0 aliphatic carbocycles. The van der Waals surface area contributed by atoms with Crippen molar-refractivity contribution in [2.75, 3.05) is 0 Å². The van der Waals surface area contributed by atoms with Gasteiger partial charge in [-0.2, -0.15) is 10.5 Å². The Balaban J connectivity index is 2.13. The molecule has 0 fully saturated rings. The molecule has 0 aliphatic heterocycles. The molecule has 0 radical (unpaired) electrons. The van der Waals surface area contributed by atoms with E-state index in [2.05, 4.69) is 9.97 Å². The van der Waals surface area contributed by atoms with E-state index >= 15 is 0 Å². The van der Waals surface area contributed by atoms with E-state index in [0.29, 0.717) is 22.3 Å². The van der Waals surface area contributed by atoms with Gasteiger partial charge in [0.25, 0.3) is 5.56 Å². The van der Waals surface area contributed by atoms with Gasteiger partial charge in [-0.05, 0) is 61.7 Å². The van der Waals surface area contributed by atoms with Gasteiger partial charge >= 0.3 is 0 Å². The SMILES string of the molecule is Cc1cc(C#N)cc(C)c1S(=O)(=O)c1nc(Cc2ccc(C#N)cc2)[nH]c(=O)c1C. The second-order valence-electron chi connectivity index (χ2n) is 6.98. The summed E-state index contributed by atoms with van der Waals surface area (Å²) in [4.78, 5) is 19.4. The molecule has 0 atom stereocenters. The number of nitriles is 2. The molecule has 2 aromatic carbocycles. The highest BCUT2D eigenvalue weighted by Crippen LogP contribution is 2.28. The Morgan fingerprint density at radius 2 is 1.53 bits per heavy atom. The van der Waals surface area contributed by atoms with Gasteiger partial charge in [0.1, 0.15) is 5.82 Å². The van der Waals surface area contributed by atoms with Crippen molar-refractivity contribution in [3.8, 4) is 12.1 Å². The Morgan fingerprint density at radius 3 is 2.07 bits per heavy atom. The Kier molecular flexibility index (Phi) is 5.55. The van der Waals surface area contributed by atoms with Crippen molar-refractivity contribution in [2.45, 2.75) is 37.1 Å². The highest BCUT2D eigenvalue weighted by molar-refractivity contribution is 7.91. The molecule has 3 aromatic rings. The maximum atomic E-state index is 13.4. The molecule has 1 N–H and O–H groups in total. The number of H-pyrrole nitrogens is 1. The predicted molar refractivity (Wildman–Crippen MR) is 110 cm³/mol. The van der Waals surface area contributed by atoms with Crippen LogP contribution in [0.25, 0.3) is 0 Å². The summed E-state index contributed by atoms with van der Waals surface area (Å²) in [5.74, 6) is 0.206. The molecule has 30 heavy (non-hydrogen) atoms. The Labute approximate surface area is 174 Å². The molecular weight excluding hydrogens is 400 g/mol. The van der Waals surface area contributed by atoms with Gasteiger partial charge in [0.2, 0.25) is 9.84 Å². The summed E-state index contributed by atoms with van der Waals surface area (Å²) in [5.41, 5.74) is 1.94. The fourth-order valence-corrected chi connectivity index (χ4v) is 5.21. The third-order valence-corrected chi connectivity index (χ3v) is 6.81. The zero-order valence-corrected chi connectivity index (χ0v) is 17.5. The van der Waals surface area contributed by atoms with Crippen LogP contribution in [0, 0.1) is 43.4 Å². The van der Waals surface area contributed by atoms with Crippen molar-refractivity contribution < 1.29 is 8.42 Å². The molecule has 7 nitrogen and oxygen atoms in total. The molecule has 0 spiro atoms. The molecule has 150 valence electrons. The fraction of sp³-hybridized carbons (Fsp3) is 0.182. The van der Waals surface area contributed by atoms with E-state index in [1.807, 2.05) is 12.1 Å². The molecule has 0 aliphatic rings. The first kappa shape index (κ1) is 21.0. The predicted octanol–water partition coefficient (Wildman–Crippen LogP) is 2.86. The van der Waals surface area contributed by atoms with Gasteiger partial charge in [0.05, 0.1) is 33.7 Å². The third-order valence-electron chi connectivity index (χ3n) is 4.72. The normalized spacial score (nSPS) is 11.0. The molecule has 1 heterocycles. The van der Waals surface area contributed by atoms with E-state index in [1.165, 1.54) is 19.1 Å². The van der Waals surface area contributed by atoms with Crippen molar-refractivity contribution in [3.63, 3.8) is 0 Å². The summed E-state index contributed by atoms with van der Waals surface area (Å²) in [7, 11) is -4.09. The van der Waals surface area contributed by atoms with Crippen LogP contribution < -0.4 is 5.56 Å². The van der Waals surface area contributed by atoms with Gasteiger partial charge in [-0.15, -0.1) is 0 Å². The van der Waals surface area contributed by atoms with Crippen LogP contribution in [0.15, 0.2) is 51.1 Å². The minimum atomic E-state index is -4.09. The van der Waals surface area contributed by atoms with Crippen LogP contribution in [0.5, 0.6) is 0 Å². The molecule has 3 rings (SSSR count). The monoisotopic (exact) mass is 418 g/mol. The number of benzene rings is 2. The van der Waals surface area contributed by atoms with Crippen LogP contribution in [0.1, 0.15) is 39.2 Å². The van der Waals surface area contributed by atoms with Crippen LogP contribution in [0.3, 0.4) is 0 Å². The average Bonchev–Trinajstić information content (AvgIpc) is 2.70. The van der Waals surface area contributed by atoms with E-state index < -0.39 is 15.4 Å². The van der Waals surface area contributed by atoms with Crippen molar-refractivity contribution in [2.24, 2.45) is 0 Å². The van der Waals surface area contributed by atoms with E-state index in [1.54, 1.807) is 38.1 Å². The summed E-state index contributed by atoms with van der Waals surface area (Å²) in [6, 6.07) is 13.8. The van der Waals surface area contributed by atoms with Gasteiger partial charge in [0, 0.05) is 6.42 Å². The molecule has 0 bridgehead atoms. The lowest BCUT2D eigenvalue weighted by molar-refractivity contribution is 0.588. The number of sulfone groups is 1. The van der Waals surface area contributed by atoms with Gasteiger partial charge < -0.3 is 4.98 Å². The van der Waals surface area contributed by atoms with E-state index in [0.717, 1.165) is 5.56 Å². The molecular formula is C22H18N4O3S. The van der Waals surface area contributed by atoms with Crippen molar-refractivity contribution >= 4 is 9.84 Å². The molecule has 0 unspecified atom stereocenters. The number of aromatic amines is 1. The number of aromatic nitrogens is 2. The lowest BCUT2D eigenvalue weighted by Crippen LogP contribution is -2.21. The molecule has 0 saturated heterocycles. The largest absolute Gasteiger partial charge is 0.310 e. The minimum absolute atomic E-state index is 0.00161.